The van der Waals surface area contributed by atoms with E-state index in [2.05, 4.69) is 18.8 Å². The van der Waals surface area contributed by atoms with Crippen molar-refractivity contribution in [1.29, 1.82) is 0 Å². The van der Waals surface area contributed by atoms with E-state index in [0.717, 1.165) is 5.56 Å². The fourth-order valence-corrected chi connectivity index (χ4v) is 2.74. The van der Waals surface area contributed by atoms with E-state index in [1.807, 2.05) is 0 Å². The zero-order valence-corrected chi connectivity index (χ0v) is 15.0. The van der Waals surface area contributed by atoms with Crippen molar-refractivity contribution in [3.8, 4) is 5.88 Å². The number of amides is 1. The molecule has 0 saturated carbocycles. The number of hydrogen-bond acceptors (Lipinski definition) is 4. The number of hydrogen-bond donors (Lipinski definition) is 0. The molecule has 6 heteroatoms. The first kappa shape index (κ1) is 18.3. The molecule has 2 heterocycles. The van der Waals surface area contributed by atoms with E-state index in [0.29, 0.717) is 43.7 Å². The largest absolute Gasteiger partial charge is 0.477 e. The molecule has 0 spiro atoms. The van der Waals surface area contributed by atoms with Crippen LogP contribution in [0, 0.1) is 11.7 Å². The van der Waals surface area contributed by atoms with Gasteiger partial charge in [-0.3, -0.25) is 4.79 Å². The van der Waals surface area contributed by atoms with Crippen LogP contribution in [0.2, 0.25) is 0 Å². The summed E-state index contributed by atoms with van der Waals surface area (Å²) in [4.78, 5) is 18.7. The summed E-state index contributed by atoms with van der Waals surface area (Å²) in [6.45, 7) is 6.10. The standard InChI is InChI=1S/C20H23FN2O3/c1-14(2)13-26-19-8-5-16(11-22-19)20(24)23-9-10-25-18(12-23)15-3-6-17(21)7-4-15/h3-8,11,14,18H,9-10,12-13H2,1-2H3. The number of halogens is 1. The van der Waals surface area contributed by atoms with Gasteiger partial charge in [-0.2, -0.15) is 0 Å². The summed E-state index contributed by atoms with van der Waals surface area (Å²) in [5.41, 5.74) is 1.38. The molecule has 138 valence electrons. The predicted octanol–water partition coefficient (Wildman–Crippen LogP) is 3.47. The number of morpholine rings is 1. The van der Waals surface area contributed by atoms with Crippen LogP contribution in [0.15, 0.2) is 42.6 Å². The van der Waals surface area contributed by atoms with Crippen LogP contribution in [0.3, 0.4) is 0 Å². The predicted molar refractivity (Wildman–Crippen MR) is 95.6 cm³/mol. The number of aromatic nitrogens is 1. The molecule has 0 N–H and O–H groups in total. The number of nitrogens with zero attached hydrogens (tertiary/aromatic N) is 2. The van der Waals surface area contributed by atoms with Crippen LogP contribution in [0.5, 0.6) is 5.88 Å². The molecule has 1 unspecified atom stereocenters. The Hall–Kier alpha value is -2.47. The number of benzene rings is 1. The number of ether oxygens (including phenoxy) is 2. The minimum Gasteiger partial charge on any atom is -0.477 e. The van der Waals surface area contributed by atoms with E-state index in [4.69, 9.17) is 9.47 Å². The maximum atomic E-state index is 13.1. The molecule has 1 saturated heterocycles. The molecule has 1 amide bonds. The van der Waals surface area contributed by atoms with Crippen LogP contribution in [-0.2, 0) is 4.74 Å². The molecule has 0 aliphatic carbocycles. The SMILES string of the molecule is CC(C)COc1ccc(C(=O)N2CCOC(c3ccc(F)cc3)C2)cn1. The highest BCUT2D eigenvalue weighted by Gasteiger charge is 2.26. The normalized spacial score (nSPS) is 17.4. The molecular weight excluding hydrogens is 335 g/mol. The Bertz CT molecular complexity index is 732. The lowest BCUT2D eigenvalue weighted by Crippen LogP contribution is -2.42. The van der Waals surface area contributed by atoms with Gasteiger partial charge in [0.1, 0.15) is 11.9 Å². The fourth-order valence-electron chi connectivity index (χ4n) is 2.74. The summed E-state index contributed by atoms with van der Waals surface area (Å²) in [7, 11) is 0. The van der Waals surface area contributed by atoms with Gasteiger partial charge in [0.15, 0.2) is 0 Å². The summed E-state index contributed by atoms with van der Waals surface area (Å²) < 4.78 is 24.4. The molecule has 3 rings (SSSR count). The van der Waals surface area contributed by atoms with Crippen LogP contribution >= 0.6 is 0 Å². The van der Waals surface area contributed by atoms with Crippen molar-refractivity contribution in [2.45, 2.75) is 20.0 Å². The Kier molecular flexibility index (Phi) is 5.83. The monoisotopic (exact) mass is 358 g/mol. The van der Waals surface area contributed by atoms with Crippen LogP contribution in [0.4, 0.5) is 4.39 Å². The van der Waals surface area contributed by atoms with Crippen LogP contribution in [0.1, 0.15) is 35.9 Å². The highest BCUT2D eigenvalue weighted by molar-refractivity contribution is 5.94. The van der Waals surface area contributed by atoms with E-state index in [1.54, 1.807) is 35.4 Å². The molecule has 1 fully saturated rings. The number of pyridine rings is 1. The lowest BCUT2D eigenvalue weighted by molar-refractivity contribution is -0.0228. The third-order valence-corrected chi connectivity index (χ3v) is 4.14. The quantitative estimate of drug-likeness (QED) is 0.821. The summed E-state index contributed by atoms with van der Waals surface area (Å²) in [6, 6.07) is 9.63. The highest BCUT2D eigenvalue weighted by Crippen LogP contribution is 2.23. The van der Waals surface area contributed by atoms with E-state index in [9.17, 15) is 9.18 Å². The average molecular weight is 358 g/mol. The molecule has 1 aliphatic heterocycles. The fraction of sp³-hybridized carbons (Fsp3) is 0.400. The molecule has 1 aliphatic rings. The van der Waals surface area contributed by atoms with Gasteiger partial charge in [-0.25, -0.2) is 9.37 Å². The average Bonchev–Trinajstić information content (AvgIpc) is 2.67. The number of carbonyl (C=O) groups excluding carboxylic acids is 1. The molecule has 5 nitrogen and oxygen atoms in total. The second-order valence-electron chi connectivity index (χ2n) is 6.75. The van der Waals surface area contributed by atoms with Gasteiger partial charge in [-0.1, -0.05) is 26.0 Å². The summed E-state index contributed by atoms with van der Waals surface area (Å²) in [6.07, 6.45) is 1.29. The molecule has 0 bridgehead atoms. The van der Waals surface area contributed by atoms with E-state index in [-0.39, 0.29) is 17.8 Å². The van der Waals surface area contributed by atoms with E-state index >= 15 is 0 Å². The molecule has 1 atom stereocenters. The highest BCUT2D eigenvalue weighted by atomic mass is 19.1. The molecule has 0 radical (unpaired) electrons. The van der Waals surface area contributed by atoms with Gasteiger partial charge >= 0.3 is 0 Å². The molecular formula is C20H23FN2O3. The lowest BCUT2D eigenvalue weighted by atomic mass is 10.1. The van der Waals surface area contributed by atoms with Gasteiger partial charge < -0.3 is 14.4 Å². The third-order valence-electron chi connectivity index (χ3n) is 4.14. The van der Waals surface area contributed by atoms with Gasteiger partial charge in [0.2, 0.25) is 5.88 Å². The van der Waals surface area contributed by atoms with Crippen molar-refractivity contribution in [1.82, 2.24) is 9.88 Å². The van der Waals surface area contributed by atoms with Gasteiger partial charge in [-0.05, 0) is 29.7 Å². The summed E-state index contributed by atoms with van der Waals surface area (Å²) in [5.74, 6) is 0.544. The van der Waals surface area contributed by atoms with E-state index in [1.165, 1.54) is 12.1 Å². The second kappa shape index (κ2) is 8.27. The molecule has 1 aromatic carbocycles. The Morgan fingerprint density at radius 2 is 2.08 bits per heavy atom. The van der Waals surface area contributed by atoms with Gasteiger partial charge in [0.05, 0.1) is 25.3 Å². The molecule has 26 heavy (non-hydrogen) atoms. The van der Waals surface area contributed by atoms with Crippen molar-refractivity contribution in [2.75, 3.05) is 26.3 Å². The minimum absolute atomic E-state index is 0.0941. The first-order chi connectivity index (χ1) is 12.5. The van der Waals surface area contributed by atoms with Gasteiger partial charge in [0, 0.05) is 18.8 Å². The van der Waals surface area contributed by atoms with Crippen LogP contribution in [-0.4, -0.2) is 42.1 Å². The minimum atomic E-state index is -0.289. The van der Waals surface area contributed by atoms with E-state index < -0.39 is 0 Å². The second-order valence-corrected chi connectivity index (χ2v) is 6.75. The first-order valence-corrected chi connectivity index (χ1v) is 8.78. The Morgan fingerprint density at radius 3 is 2.73 bits per heavy atom. The van der Waals surface area contributed by atoms with Crippen molar-refractivity contribution in [2.24, 2.45) is 5.92 Å². The van der Waals surface area contributed by atoms with Crippen molar-refractivity contribution < 1.29 is 18.7 Å². The topological polar surface area (TPSA) is 51.7 Å². The molecule has 2 aromatic rings. The van der Waals surface area contributed by atoms with Gasteiger partial charge in [0.25, 0.3) is 5.91 Å². The van der Waals surface area contributed by atoms with Crippen LogP contribution < -0.4 is 4.74 Å². The summed E-state index contributed by atoms with van der Waals surface area (Å²) in [5, 5.41) is 0. The lowest BCUT2D eigenvalue weighted by Gasteiger charge is -2.33. The Balaban J connectivity index is 1.64. The van der Waals surface area contributed by atoms with Crippen molar-refractivity contribution in [3.05, 3.63) is 59.5 Å². The zero-order chi connectivity index (χ0) is 18.5. The molecule has 1 aromatic heterocycles. The Morgan fingerprint density at radius 1 is 1.31 bits per heavy atom. The number of rotatable bonds is 5. The zero-order valence-electron chi connectivity index (χ0n) is 15.0. The Labute approximate surface area is 152 Å². The summed E-state index contributed by atoms with van der Waals surface area (Å²) >= 11 is 0. The third kappa shape index (κ3) is 4.58. The number of carbonyl (C=O) groups is 1. The smallest absolute Gasteiger partial charge is 0.255 e. The van der Waals surface area contributed by atoms with Crippen molar-refractivity contribution in [3.63, 3.8) is 0 Å². The maximum Gasteiger partial charge on any atom is 0.255 e. The van der Waals surface area contributed by atoms with Crippen molar-refractivity contribution >= 4 is 5.91 Å². The first-order valence-electron chi connectivity index (χ1n) is 8.78. The maximum absolute atomic E-state index is 13.1. The van der Waals surface area contributed by atoms with Crippen LogP contribution in [0.25, 0.3) is 0 Å². The van der Waals surface area contributed by atoms with Gasteiger partial charge in [-0.15, -0.1) is 0 Å².